The van der Waals surface area contributed by atoms with E-state index in [1.54, 1.807) is 17.4 Å². The van der Waals surface area contributed by atoms with E-state index in [9.17, 15) is 4.79 Å². The first-order chi connectivity index (χ1) is 6.77. The second-order valence-electron chi connectivity index (χ2n) is 3.03. The van der Waals surface area contributed by atoms with Gasteiger partial charge in [-0.3, -0.25) is 4.79 Å². The average Bonchev–Trinajstić information content (AvgIpc) is 2.65. The lowest BCUT2D eigenvalue weighted by Gasteiger charge is -2.02. The highest BCUT2D eigenvalue weighted by molar-refractivity contribution is 7.17. The van der Waals surface area contributed by atoms with E-state index in [2.05, 4.69) is 6.07 Å². The summed E-state index contributed by atoms with van der Waals surface area (Å²) in [6, 6.07) is 5.82. The molecule has 0 atom stereocenters. The van der Waals surface area contributed by atoms with Crippen LogP contribution in [0.5, 0.6) is 0 Å². The van der Waals surface area contributed by atoms with E-state index in [1.165, 1.54) is 0 Å². The molecule has 0 N–H and O–H groups in total. The summed E-state index contributed by atoms with van der Waals surface area (Å²) in [4.78, 5) is 10.8. The number of nitrogens with zero attached hydrogens (tertiary/aromatic N) is 1. The second-order valence-corrected chi connectivity index (χ2v) is 3.98. The molecule has 0 saturated carbocycles. The molecule has 0 spiro atoms. The topological polar surface area (TPSA) is 40.9 Å². The first-order valence-electron chi connectivity index (χ1n) is 4.14. The molecule has 0 aliphatic rings. The van der Waals surface area contributed by atoms with Crippen LogP contribution in [0.25, 0.3) is 10.1 Å². The fourth-order valence-corrected chi connectivity index (χ4v) is 2.44. The molecule has 1 aromatic carbocycles. The van der Waals surface area contributed by atoms with Crippen molar-refractivity contribution in [3.63, 3.8) is 0 Å². The molecule has 1 heterocycles. The Kier molecular flexibility index (Phi) is 2.06. The van der Waals surface area contributed by atoms with Gasteiger partial charge in [0.2, 0.25) is 0 Å². The normalized spacial score (nSPS) is 10.0. The van der Waals surface area contributed by atoms with E-state index in [0.29, 0.717) is 11.1 Å². The first-order valence-corrected chi connectivity index (χ1v) is 5.02. The van der Waals surface area contributed by atoms with Gasteiger partial charge in [0.1, 0.15) is 6.07 Å². The number of nitriles is 1. The summed E-state index contributed by atoms with van der Waals surface area (Å²) in [5.41, 5.74) is 1.87. The Bertz CT molecular complexity index is 548. The average molecular weight is 201 g/mol. The Morgan fingerprint density at radius 2 is 2.36 bits per heavy atom. The molecule has 0 amide bonds. The Morgan fingerprint density at radius 3 is 3.00 bits per heavy atom. The predicted molar refractivity (Wildman–Crippen MR) is 56.7 cm³/mol. The third-order valence-corrected chi connectivity index (χ3v) is 3.15. The minimum atomic E-state index is 0.486. The third-order valence-electron chi connectivity index (χ3n) is 2.29. The molecule has 0 aliphatic heterocycles. The molecule has 14 heavy (non-hydrogen) atoms. The molecule has 68 valence electrons. The summed E-state index contributed by atoms with van der Waals surface area (Å²) in [7, 11) is 0. The van der Waals surface area contributed by atoms with E-state index in [4.69, 9.17) is 5.26 Å². The van der Waals surface area contributed by atoms with Crippen LogP contribution in [0, 0.1) is 18.3 Å². The van der Waals surface area contributed by atoms with Crippen molar-refractivity contribution in [2.24, 2.45) is 0 Å². The number of carbonyl (C=O) groups excluding carboxylic acids is 1. The van der Waals surface area contributed by atoms with Crippen molar-refractivity contribution < 1.29 is 4.79 Å². The van der Waals surface area contributed by atoms with Gasteiger partial charge in [-0.1, -0.05) is 0 Å². The number of aldehydes is 1. The quantitative estimate of drug-likeness (QED) is 0.665. The second kappa shape index (κ2) is 3.24. The van der Waals surface area contributed by atoms with Gasteiger partial charge in [-0.2, -0.15) is 5.26 Å². The SMILES string of the molecule is Cc1c(C#N)c(C=O)cc2sccc12. The Labute approximate surface area is 85.4 Å². The van der Waals surface area contributed by atoms with Crippen LogP contribution in [0.1, 0.15) is 21.5 Å². The van der Waals surface area contributed by atoms with Crippen molar-refractivity contribution >= 4 is 27.7 Å². The fourth-order valence-electron chi connectivity index (χ4n) is 1.55. The van der Waals surface area contributed by atoms with Gasteiger partial charge >= 0.3 is 0 Å². The van der Waals surface area contributed by atoms with Gasteiger partial charge in [-0.15, -0.1) is 11.3 Å². The highest BCUT2D eigenvalue weighted by atomic mass is 32.1. The van der Waals surface area contributed by atoms with Crippen LogP contribution in [-0.4, -0.2) is 6.29 Å². The van der Waals surface area contributed by atoms with E-state index in [0.717, 1.165) is 21.9 Å². The lowest BCUT2D eigenvalue weighted by atomic mass is 10.0. The van der Waals surface area contributed by atoms with Crippen LogP contribution in [0.3, 0.4) is 0 Å². The van der Waals surface area contributed by atoms with Crippen LogP contribution in [0.2, 0.25) is 0 Å². The number of carbonyl (C=O) groups is 1. The van der Waals surface area contributed by atoms with Crippen LogP contribution in [0.4, 0.5) is 0 Å². The number of thiophene rings is 1. The number of rotatable bonds is 1. The Morgan fingerprint density at radius 1 is 1.57 bits per heavy atom. The number of benzene rings is 1. The first kappa shape index (κ1) is 8.92. The van der Waals surface area contributed by atoms with E-state index in [1.807, 2.05) is 18.4 Å². The van der Waals surface area contributed by atoms with Crippen molar-refractivity contribution in [1.29, 1.82) is 5.26 Å². The smallest absolute Gasteiger partial charge is 0.151 e. The van der Waals surface area contributed by atoms with Crippen LogP contribution in [-0.2, 0) is 0 Å². The monoisotopic (exact) mass is 201 g/mol. The van der Waals surface area contributed by atoms with Gasteiger partial charge in [0.15, 0.2) is 6.29 Å². The molecule has 0 aliphatic carbocycles. The van der Waals surface area contributed by atoms with E-state index in [-0.39, 0.29) is 0 Å². The number of aryl methyl sites for hydroxylation is 1. The molecule has 0 unspecified atom stereocenters. The molecule has 0 radical (unpaired) electrons. The van der Waals surface area contributed by atoms with Gasteiger partial charge in [0.25, 0.3) is 0 Å². The van der Waals surface area contributed by atoms with Crippen molar-refractivity contribution in [2.45, 2.75) is 6.92 Å². The molecule has 0 saturated heterocycles. The minimum absolute atomic E-state index is 0.486. The highest BCUT2D eigenvalue weighted by Crippen LogP contribution is 2.28. The maximum Gasteiger partial charge on any atom is 0.151 e. The third kappa shape index (κ3) is 1.12. The predicted octanol–water partition coefficient (Wildman–Crippen LogP) is 2.89. The van der Waals surface area contributed by atoms with Crippen LogP contribution in [0.15, 0.2) is 17.5 Å². The minimum Gasteiger partial charge on any atom is -0.298 e. The molecular formula is C11H7NOS. The Balaban J connectivity index is 2.94. The summed E-state index contributed by atoms with van der Waals surface area (Å²) >= 11 is 1.58. The van der Waals surface area contributed by atoms with Gasteiger partial charge < -0.3 is 0 Å². The maximum absolute atomic E-state index is 10.8. The molecule has 0 fully saturated rings. The zero-order chi connectivity index (χ0) is 10.1. The lowest BCUT2D eigenvalue weighted by molar-refractivity contribution is 0.112. The van der Waals surface area contributed by atoms with E-state index >= 15 is 0 Å². The molecular weight excluding hydrogens is 194 g/mol. The molecule has 2 nitrogen and oxygen atoms in total. The summed E-state index contributed by atoms with van der Waals surface area (Å²) in [6.07, 6.45) is 0.741. The van der Waals surface area contributed by atoms with Crippen molar-refractivity contribution in [3.05, 3.63) is 34.2 Å². The standard InChI is InChI=1S/C11H7NOS/c1-7-9-2-3-14-11(9)4-8(6-13)10(7)5-12/h2-4,6H,1H3. The number of hydrogen-bond acceptors (Lipinski definition) is 3. The molecule has 2 aromatic rings. The maximum atomic E-state index is 10.8. The number of fused-ring (bicyclic) bond motifs is 1. The number of hydrogen-bond donors (Lipinski definition) is 0. The van der Waals surface area contributed by atoms with Crippen molar-refractivity contribution in [1.82, 2.24) is 0 Å². The summed E-state index contributed by atoms with van der Waals surface area (Å²) < 4.78 is 1.06. The van der Waals surface area contributed by atoms with Gasteiger partial charge in [-0.25, -0.2) is 0 Å². The summed E-state index contributed by atoms with van der Waals surface area (Å²) in [5, 5.41) is 12.0. The molecule has 1 aromatic heterocycles. The molecule has 3 heteroatoms. The molecule has 2 rings (SSSR count). The van der Waals surface area contributed by atoms with Crippen molar-refractivity contribution in [3.8, 4) is 6.07 Å². The largest absolute Gasteiger partial charge is 0.298 e. The summed E-state index contributed by atoms with van der Waals surface area (Å²) in [5.74, 6) is 0. The highest BCUT2D eigenvalue weighted by Gasteiger charge is 2.09. The van der Waals surface area contributed by atoms with Crippen molar-refractivity contribution in [2.75, 3.05) is 0 Å². The van der Waals surface area contributed by atoms with Gasteiger partial charge in [0, 0.05) is 10.3 Å². The van der Waals surface area contributed by atoms with Gasteiger partial charge in [0.05, 0.1) is 5.56 Å². The van der Waals surface area contributed by atoms with Crippen LogP contribution >= 0.6 is 11.3 Å². The zero-order valence-corrected chi connectivity index (χ0v) is 8.39. The Hall–Kier alpha value is -1.66. The van der Waals surface area contributed by atoms with Gasteiger partial charge in [-0.05, 0) is 35.4 Å². The van der Waals surface area contributed by atoms with E-state index < -0.39 is 0 Å². The lowest BCUT2D eigenvalue weighted by Crippen LogP contribution is -1.91. The zero-order valence-electron chi connectivity index (χ0n) is 7.57. The molecule has 0 bridgehead atoms. The fraction of sp³-hybridized carbons (Fsp3) is 0.0909. The van der Waals surface area contributed by atoms with Crippen LogP contribution < -0.4 is 0 Å². The summed E-state index contributed by atoms with van der Waals surface area (Å²) in [6.45, 7) is 1.88.